The van der Waals surface area contributed by atoms with E-state index in [0.29, 0.717) is 11.8 Å². The van der Waals surface area contributed by atoms with Crippen molar-refractivity contribution in [3.05, 3.63) is 89.5 Å². The summed E-state index contributed by atoms with van der Waals surface area (Å²) in [4.78, 5) is 4.75. The van der Waals surface area contributed by atoms with E-state index in [2.05, 4.69) is 67.8 Å². The summed E-state index contributed by atoms with van der Waals surface area (Å²) in [5, 5.41) is 21.4. The van der Waals surface area contributed by atoms with Crippen LogP contribution in [0.15, 0.2) is 72.8 Å². The lowest BCUT2D eigenvalue weighted by molar-refractivity contribution is 0.209. The number of allylic oxidation sites excluding steroid dienone is 1. The second-order valence-electron chi connectivity index (χ2n) is 9.68. The lowest BCUT2D eigenvalue weighted by atomic mass is 9.84. The van der Waals surface area contributed by atoms with Crippen LogP contribution in [0.4, 0.5) is 5.69 Å². The maximum atomic E-state index is 11.1. The molecule has 0 bridgehead atoms. The minimum absolute atomic E-state index is 0.232. The van der Waals surface area contributed by atoms with E-state index in [1.54, 1.807) is 12.1 Å². The van der Waals surface area contributed by atoms with Gasteiger partial charge in [-0.1, -0.05) is 62.4 Å². The molecule has 0 saturated carbocycles. The zero-order valence-electron chi connectivity index (χ0n) is 20.7. The first-order valence-corrected chi connectivity index (χ1v) is 12.3. The van der Waals surface area contributed by atoms with Gasteiger partial charge in [-0.05, 0) is 71.9 Å². The fourth-order valence-corrected chi connectivity index (χ4v) is 4.95. The molecular formula is C30H36N2O2. The van der Waals surface area contributed by atoms with Crippen molar-refractivity contribution in [3.63, 3.8) is 0 Å². The minimum atomic E-state index is 0.232. The van der Waals surface area contributed by atoms with Crippen molar-refractivity contribution < 1.29 is 10.2 Å². The molecule has 0 spiro atoms. The van der Waals surface area contributed by atoms with Crippen LogP contribution in [0, 0.1) is 5.92 Å². The van der Waals surface area contributed by atoms with E-state index < -0.39 is 0 Å². The van der Waals surface area contributed by atoms with Crippen LogP contribution in [0.2, 0.25) is 0 Å². The van der Waals surface area contributed by atoms with Crippen molar-refractivity contribution in [1.82, 2.24) is 4.90 Å². The smallest absolute Gasteiger partial charge is 0.139 e. The number of piperazine rings is 1. The Morgan fingerprint density at radius 1 is 0.706 bits per heavy atom. The number of anilines is 1. The van der Waals surface area contributed by atoms with Crippen molar-refractivity contribution in [2.24, 2.45) is 5.92 Å². The van der Waals surface area contributed by atoms with Crippen LogP contribution in [0.5, 0.6) is 11.5 Å². The van der Waals surface area contributed by atoms with Crippen LogP contribution in [0.3, 0.4) is 0 Å². The lowest BCUT2D eigenvalue weighted by Gasteiger charge is -2.38. The van der Waals surface area contributed by atoms with Crippen molar-refractivity contribution >= 4 is 16.8 Å². The van der Waals surface area contributed by atoms with E-state index >= 15 is 0 Å². The molecule has 4 rings (SSSR count). The molecule has 0 amide bonds. The van der Waals surface area contributed by atoms with Crippen LogP contribution in [-0.4, -0.2) is 47.3 Å². The average molecular weight is 457 g/mol. The SMILES string of the molecule is CC(C)/C(=C(\c1cccc(O)c1)c1ccc(N2CCN(C(C)C)CC2)c(O)c1)c1ccccc1. The van der Waals surface area contributed by atoms with Gasteiger partial charge in [0.25, 0.3) is 0 Å². The molecule has 1 fully saturated rings. The molecule has 0 aromatic heterocycles. The van der Waals surface area contributed by atoms with E-state index in [4.69, 9.17) is 0 Å². The van der Waals surface area contributed by atoms with Crippen LogP contribution < -0.4 is 4.90 Å². The Balaban J connectivity index is 1.80. The number of benzene rings is 3. The van der Waals surface area contributed by atoms with Crippen molar-refractivity contribution in [2.75, 3.05) is 31.1 Å². The highest BCUT2D eigenvalue weighted by molar-refractivity contribution is 5.99. The Kier molecular flexibility index (Phi) is 7.28. The van der Waals surface area contributed by atoms with Gasteiger partial charge in [0.2, 0.25) is 0 Å². The maximum absolute atomic E-state index is 11.1. The van der Waals surface area contributed by atoms with Gasteiger partial charge in [-0.25, -0.2) is 0 Å². The summed E-state index contributed by atoms with van der Waals surface area (Å²) in [5.74, 6) is 0.769. The largest absolute Gasteiger partial charge is 0.508 e. The van der Waals surface area contributed by atoms with Gasteiger partial charge < -0.3 is 15.1 Å². The molecule has 0 radical (unpaired) electrons. The Morgan fingerprint density at radius 3 is 1.94 bits per heavy atom. The van der Waals surface area contributed by atoms with E-state index in [0.717, 1.165) is 54.1 Å². The van der Waals surface area contributed by atoms with Crippen LogP contribution in [0.1, 0.15) is 44.4 Å². The molecule has 2 N–H and O–H groups in total. The third kappa shape index (κ3) is 5.13. The highest BCUT2D eigenvalue weighted by atomic mass is 16.3. The van der Waals surface area contributed by atoms with Gasteiger partial charge >= 0.3 is 0 Å². The second kappa shape index (κ2) is 10.4. The molecule has 3 aromatic rings. The number of aromatic hydroxyl groups is 2. The van der Waals surface area contributed by atoms with Crippen LogP contribution in [-0.2, 0) is 0 Å². The van der Waals surface area contributed by atoms with Gasteiger partial charge in [-0.3, -0.25) is 4.90 Å². The van der Waals surface area contributed by atoms with E-state index in [9.17, 15) is 10.2 Å². The Labute approximate surface area is 203 Å². The predicted octanol–water partition coefficient (Wildman–Crippen LogP) is 6.24. The zero-order valence-corrected chi connectivity index (χ0v) is 20.7. The summed E-state index contributed by atoms with van der Waals surface area (Å²) in [6.45, 7) is 12.6. The number of hydrogen-bond donors (Lipinski definition) is 2. The summed E-state index contributed by atoms with van der Waals surface area (Å²) >= 11 is 0. The Morgan fingerprint density at radius 2 is 1.35 bits per heavy atom. The molecule has 4 heteroatoms. The molecule has 1 saturated heterocycles. The van der Waals surface area contributed by atoms with Crippen molar-refractivity contribution in [2.45, 2.75) is 33.7 Å². The molecule has 4 nitrogen and oxygen atoms in total. The molecule has 0 unspecified atom stereocenters. The topological polar surface area (TPSA) is 46.9 Å². The lowest BCUT2D eigenvalue weighted by Crippen LogP contribution is -2.48. The molecule has 1 aliphatic rings. The molecule has 34 heavy (non-hydrogen) atoms. The molecule has 178 valence electrons. The third-order valence-electron chi connectivity index (χ3n) is 6.72. The first-order valence-electron chi connectivity index (χ1n) is 12.3. The van der Waals surface area contributed by atoms with Gasteiger partial charge in [-0.2, -0.15) is 0 Å². The first kappa shape index (κ1) is 23.9. The quantitative estimate of drug-likeness (QED) is 0.431. The normalized spacial score (nSPS) is 15.6. The number of nitrogens with zero attached hydrogens (tertiary/aromatic N) is 2. The fourth-order valence-electron chi connectivity index (χ4n) is 4.95. The van der Waals surface area contributed by atoms with E-state index in [-0.39, 0.29) is 11.7 Å². The van der Waals surface area contributed by atoms with E-state index in [1.807, 2.05) is 30.3 Å². The standard InChI is InChI=1S/C30H36N2O2/c1-21(2)29(23-9-6-5-7-10-23)30(24-11-8-12-26(33)19-24)25-13-14-27(28(34)20-25)32-17-15-31(16-18-32)22(3)4/h5-14,19-22,33-34H,15-18H2,1-4H3/b30-29-. The summed E-state index contributed by atoms with van der Waals surface area (Å²) in [6, 6.07) is 24.3. The summed E-state index contributed by atoms with van der Waals surface area (Å²) in [7, 11) is 0. The molecule has 3 aromatic carbocycles. The minimum Gasteiger partial charge on any atom is -0.508 e. The van der Waals surface area contributed by atoms with Gasteiger partial charge in [0, 0.05) is 32.2 Å². The molecule has 0 atom stereocenters. The number of hydrogen-bond acceptors (Lipinski definition) is 4. The highest BCUT2D eigenvalue weighted by Gasteiger charge is 2.23. The zero-order chi connectivity index (χ0) is 24.2. The summed E-state index contributed by atoms with van der Waals surface area (Å²) in [6.07, 6.45) is 0. The van der Waals surface area contributed by atoms with Gasteiger partial charge in [0.1, 0.15) is 11.5 Å². The molecule has 1 heterocycles. The van der Waals surface area contributed by atoms with E-state index in [1.165, 1.54) is 5.57 Å². The van der Waals surface area contributed by atoms with Gasteiger partial charge in [-0.15, -0.1) is 0 Å². The van der Waals surface area contributed by atoms with Gasteiger partial charge in [0.05, 0.1) is 5.69 Å². The second-order valence-corrected chi connectivity index (χ2v) is 9.68. The predicted molar refractivity (Wildman–Crippen MR) is 142 cm³/mol. The molecular weight excluding hydrogens is 420 g/mol. The number of rotatable bonds is 6. The van der Waals surface area contributed by atoms with Crippen LogP contribution >= 0.6 is 0 Å². The summed E-state index contributed by atoms with van der Waals surface area (Å²) in [5.41, 5.74) is 6.12. The summed E-state index contributed by atoms with van der Waals surface area (Å²) < 4.78 is 0. The van der Waals surface area contributed by atoms with Crippen molar-refractivity contribution in [3.8, 4) is 11.5 Å². The Hall–Kier alpha value is -3.24. The van der Waals surface area contributed by atoms with Gasteiger partial charge in [0.15, 0.2) is 0 Å². The van der Waals surface area contributed by atoms with Crippen molar-refractivity contribution in [1.29, 1.82) is 0 Å². The average Bonchev–Trinajstić information content (AvgIpc) is 2.82. The first-order chi connectivity index (χ1) is 16.3. The maximum Gasteiger partial charge on any atom is 0.139 e. The Bertz CT molecular complexity index is 1140. The monoisotopic (exact) mass is 456 g/mol. The molecule has 0 aliphatic carbocycles. The highest BCUT2D eigenvalue weighted by Crippen LogP contribution is 2.40. The molecule has 1 aliphatic heterocycles. The fraction of sp³-hybridized carbons (Fsp3) is 0.333. The number of phenolic OH excluding ortho intramolecular Hbond substituents is 2. The van der Waals surface area contributed by atoms with Crippen LogP contribution in [0.25, 0.3) is 11.1 Å². The number of phenols is 2. The third-order valence-corrected chi connectivity index (χ3v) is 6.72.